The molecule has 2 heterocycles. The van der Waals surface area contributed by atoms with Crippen LogP contribution >= 0.6 is 0 Å². The van der Waals surface area contributed by atoms with Gasteiger partial charge in [0.1, 0.15) is 17.5 Å². The number of nitrogens with two attached hydrogens (primary N) is 1. The van der Waals surface area contributed by atoms with Crippen molar-refractivity contribution in [1.29, 1.82) is 0 Å². The van der Waals surface area contributed by atoms with E-state index >= 15 is 0 Å². The highest BCUT2D eigenvalue weighted by molar-refractivity contribution is 5.93. The Bertz CT molecular complexity index is 581. The summed E-state index contributed by atoms with van der Waals surface area (Å²) in [6.07, 6.45) is 3.11. The highest BCUT2D eigenvalue weighted by Crippen LogP contribution is 2.13. The number of hydrazine groups is 1. The van der Waals surface area contributed by atoms with Crippen LogP contribution in [0.25, 0.3) is 0 Å². The summed E-state index contributed by atoms with van der Waals surface area (Å²) in [5, 5.41) is 2.75. The molecule has 0 aromatic carbocycles. The Kier molecular flexibility index (Phi) is 3.76. The third kappa shape index (κ3) is 3.08. The number of nitrogens with zero attached hydrogens (tertiary/aromatic N) is 2. The molecule has 2 aromatic rings. The first-order valence-corrected chi connectivity index (χ1v) is 5.76. The Morgan fingerprint density at radius 3 is 2.89 bits per heavy atom. The van der Waals surface area contributed by atoms with Crippen molar-refractivity contribution >= 4 is 11.6 Å². The predicted octanol–water partition coefficient (Wildman–Crippen LogP) is 1.15. The predicted molar refractivity (Wildman–Crippen MR) is 69.2 cm³/mol. The molecule has 0 bridgehead atoms. The van der Waals surface area contributed by atoms with Crippen molar-refractivity contribution in [1.82, 2.24) is 15.3 Å². The fourth-order valence-electron chi connectivity index (χ4n) is 1.55. The molecule has 0 aliphatic rings. The van der Waals surface area contributed by atoms with E-state index in [1.54, 1.807) is 32.2 Å². The third-order valence-electron chi connectivity index (χ3n) is 2.52. The number of pyridine rings is 1. The lowest BCUT2D eigenvalue weighted by Crippen LogP contribution is -2.27. The summed E-state index contributed by atoms with van der Waals surface area (Å²) < 4.78 is 5.35. The number of oxazole rings is 1. The summed E-state index contributed by atoms with van der Waals surface area (Å²) in [4.78, 5) is 20.0. The van der Waals surface area contributed by atoms with Crippen molar-refractivity contribution in [3.8, 4) is 0 Å². The van der Waals surface area contributed by atoms with E-state index in [1.807, 2.05) is 0 Å². The minimum Gasteiger partial charge on any atom is -0.444 e. The zero-order chi connectivity index (χ0) is 13.8. The van der Waals surface area contributed by atoms with Gasteiger partial charge in [-0.1, -0.05) is 0 Å². The van der Waals surface area contributed by atoms with Crippen LogP contribution in [-0.4, -0.2) is 15.9 Å². The number of aryl methyl sites for hydroxylation is 1. The molecule has 0 saturated heterocycles. The molecule has 7 heteroatoms. The van der Waals surface area contributed by atoms with E-state index < -0.39 is 0 Å². The Balaban J connectivity index is 2.08. The number of nitrogen functional groups attached to an aromatic ring is 1. The number of aromatic nitrogens is 2. The topological polar surface area (TPSA) is 106 Å². The number of nitrogens with one attached hydrogen (secondary N) is 2. The smallest absolute Gasteiger partial charge is 0.270 e. The Labute approximate surface area is 110 Å². The van der Waals surface area contributed by atoms with Crippen molar-refractivity contribution < 1.29 is 9.21 Å². The maximum atomic E-state index is 12.0. The maximum absolute atomic E-state index is 12.0. The molecular formula is C12H15N5O2. The van der Waals surface area contributed by atoms with Gasteiger partial charge in [0.25, 0.3) is 5.91 Å². The fourth-order valence-corrected chi connectivity index (χ4v) is 1.55. The van der Waals surface area contributed by atoms with Crippen LogP contribution in [0.5, 0.6) is 0 Å². The molecule has 2 aromatic heterocycles. The Morgan fingerprint density at radius 1 is 1.47 bits per heavy atom. The lowest BCUT2D eigenvalue weighted by atomic mass is 10.2. The van der Waals surface area contributed by atoms with Crippen LogP contribution in [0.4, 0.5) is 5.69 Å². The minimum absolute atomic E-state index is 0.269. The average Bonchev–Trinajstić information content (AvgIpc) is 2.85. The molecule has 0 saturated carbocycles. The first-order valence-electron chi connectivity index (χ1n) is 5.76. The Hall–Kier alpha value is -2.41. The summed E-state index contributed by atoms with van der Waals surface area (Å²) in [5.41, 5.74) is 3.34. The van der Waals surface area contributed by atoms with Gasteiger partial charge < -0.3 is 15.2 Å². The summed E-state index contributed by atoms with van der Waals surface area (Å²) in [5.74, 6) is 6.12. The van der Waals surface area contributed by atoms with Crippen molar-refractivity contribution in [3.63, 3.8) is 0 Å². The molecule has 0 fully saturated rings. The molecule has 0 radical (unpaired) electrons. The highest BCUT2D eigenvalue weighted by atomic mass is 16.4. The summed E-state index contributed by atoms with van der Waals surface area (Å²) in [6.45, 7) is 3.58. The number of anilines is 1. The van der Waals surface area contributed by atoms with E-state index in [4.69, 9.17) is 10.3 Å². The van der Waals surface area contributed by atoms with E-state index in [1.165, 1.54) is 6.20 Å². The number of carbonyl (C=O) groups excluding carboxylic acids is 1. The molecule has 0 spiro atoms. The maximum Gasteiger partial charge on any atom is 0.270 e. The van der Waals surface area contributed by atoms with Gasteiger partial charge in [-0.05, 0) is 26.0 Å². The van der Waals surface area contributed by atoms with E-state index in [0.29, 0.717) is 17.3 Å². The first kappa shape index (κ1) is 13.0. The third-order valence-corrected chi connectivity index (χ3v) is 2.52. The highest BCUT2D eigenvalue weighted by Gasteiger charge is 2.16. The zero-order valence-electron chi connectivity index (χ0n) is 10.7. The molecule has 1 amide bonds. The van der Waals surface area contributed by atoms with Crippen LogP contribution in [0.1, 0.15) is 35.1 Å². The lowest BCUT2D eigenvalue weighted by molar-refractivity contribution is 0.0929. The molecular weight excluding hydrogens is 246 g/mol. The van der Waals surface area contributed by atoms with Gasteiger partial charge in [-0.25, -0.2) is 4.98 Å². The zero-order valence-corrected chi connectivity index (χ0v) is 10.7. The molecule has 1 atom stereocenters. The first-order chi connectivity index (χ1) is 9.10. The summed E-state index contributed by atoms with van der Waals surface area (Å²) >= 11 is 0. The fraction of sp³-hybridized carbons (Fsp3) is 0.250. The van der Waals surface area contributed by atoms with Crippen LogP contribution in [0.2, 0.25) is 0 Å². The molecule has 100 valence electrons. The standard InChI is InChI=1S/C12H15N5O2/c1-7-6-15-12(19-7)8(2)16-11(18)10-5-9(17-13)3-4-14-10/h3-6,8H,13H2,1-2H3,(H,14,17)(H,16,18). The summed E-state index contributed by atoms with van der Waals surface area (Å²) in [7, 11) is 0. The van der Waals surface area contributed by atoms with E-state index in [0.717, 1.165) is 0 Å². The number of rotatable bonds is 4. The number of hydrogen-bond donors (Lipinski definition) is 3. The largest absolute Gasteiger partial charge is 0.444 e. The van der Waals surface area contributed by atoms with Crippen LogP contribution < -0.4 is 16.6 Å². The van der Waals surface area contributed by atoms with Gasteiger partial charge >= 0.3 is 0 Å². The van der Waals surface area contributed by atoms with E-state index in [-0.39, 0.29) is 17.6 Å². The van der Waals surface area contributed by atoms with Crippen LogP contribution in [0, 0.1) is 6.92 Å². The number of amides is 1. The molecule has 0 aliphatic carbocycles. The van der Waals surface area contributed by atoms with Gasteiger partial charge in [0.2, 0.25) is 5.89 Å². The van der Waals surface area contributed by atoms with Crippen molar-refractivity contribution in [2.24, 2.45) is 5.84 Å². The van der Waals surface area contributed by atoms with Crippen LogP contribution in [-0.2, 0) is 0 Å². The van der Waals surface area contributed by atoms with Crippen molar-refractivity contribution in [2.75, 3.05) is 5.43 Å². The SMILES string of the molecule is Cc1cnc(C(C)NC(=O)c2cc(NN)ccn2)o1. The minimum atomic E-state index is -0.336. The van der Waals surface area contributed by atoms with Crippen molar-refractivity contribution in [3.05, 3.63) is 41.9 Å². The molecule has 19 heavy (non-hydrogen) atoms. The number of carbonyl (C=O) groups is 1. The molecule has 2 rings (SSSR count). The van der Waals surface area contributed by atoms with Crippen molar-refractivity contribution in [2.45, 2.75) is 19.9 Å². The van der Waals surface area contributed by atoms with Gasteiger partial charge in [0.05, 0.1) is 11.9 Å². The lowest BCUT2D eigenvalue weighted by Gasteiger charge is -2.10. The van der Waals surface area contributed by atoms with Crippen LogP contribution in [0.15, 0.2) is 28.9 Å². The monoisotopic (exact) mass is 261 g/mol. The van der Waals surface area contributed by atoms with Gasteiger partial charge in [-0.3, -0.25) is 15.6 Å². The second-order valence-corrected chi connectivity index (χ2v) is 4.08. The summed E-state index contributed by atoms with van der Waals surface area (Å²) in [6, 6.07) is 2.89. The van der Waals surface area contributed by atoms with E-state index in [9.17, 15) is 4.79 Å². The second-order valence-electron chi connectivity index (χ2n) is 4.08. The van der Waals surface area contributed by atoms with Gasteiger partial charge in [-0.15, -0.1) is 0 Å². The van der Waals surface area contributed by atoms with Gasteiger partial charge in [-0.2, -0.15) is 0 Å². The number of hydrogen-bond acceptors (Lipinski definition) is 6. The Morgan fingerprint density at radius 2 is 2.26 bits per heavy atom. The van der Waals surface area contributed by atoms with Gasteiger partial charge in [0.15, 0.2) is 0 Å². The second kappa shape index (κ2) is 5.49. The molecule has 1 unspecified atom stereocenters. The quantitative estimate of drug-likeness (QED) is 0.563. The average molecular weight is 261 g/mol. The normalized spacial score (nSPS) is 11.9. The van der Waals surface area contributed by atoms with Gasteiger partial charge in [0, 0.05) is 6.20 Å². The van der Waals surface area contributed by atoms with Crippen LogP contribution in [0.3, 0.4) is 0 Å². The van der Waals surface area contributed by atoms with E-state index in [2.05, 4.69) is 20.7 Å². The molecule has 7 nitrogen and oxygen atoms in total. The molecule has 0 aliphatic heterocycles. The molecule has 4 N–H and O–H groups in total.